The summed E-state index contributed by atoms with van der Waals surface area (Å²) in [6, 6.07) is 15.9. The van der Waals surface area contributed by atoms with Gasteiger partial charge in [0.1, 0.15) is 18.1 Å². The number of ether oxygens (including phenoxy) is 1. The minimum atomic E-state index is -0.365. The van der Waals surface area contributed by atoms with Gasteiger partial charge in [0.25, 0.3) is 5.91 Å². The lowest BCUT2D eigenvalue weighted by Gasteiger charge is -2.09. The van der Waals surface area contributed by atoms with Crippen molar-refractivity contribution >= 4 is 11.6 Å². The van der Waals surface area contributed by atoms with Gasteiger partial charge in [0.15, 0.2) is 5.69 Å². The number of para-hydroxylation sites is 1. The van der Waals surface area contributed by atoms with E-state index in [9.17, 15) is 4.79 Å². The lowest BCUT2D eigenvalue weighted by atomic mass is 10.1. The number of hydrogen-bond acceptors (Lipinski definition) is 5. The number of carbonyl (C=O) groups excluding carboxylic acids is 1. The molecule has 0 aliphatic rings. The topological polar surface area (TPSA) is 82.2 Å². The van der Waals surface area contributed by atoms with E-state index in [0.29, 0.717) is 23.6 Å². The van der Waals surface area contributed by atoms with Gasteiger partial charge in [-0.2, -0.15) is 5.10 Å². The molecule has 4 rings (SSSR count). The number of hydrogen-bond donors (Lipinski definition) is 1. The van der Waals surface area contributed by atoms with Crippen LogP contribution in [0.15, 0.2) is 65.4 Å². The van der Waals surface area contributed by atoms with Crippen molar-refractivity contribution in [2.45, 2.75) is 33.9 Å². The molecule has 0 bridgehead atoms. The van der Waals surface area contributed by atoms with Crippen LogP contribution >= 0.6 is 0 Å². The van der Waals surface area contributed by atoms with E-state index in [1.54, 1.807) is 24.0 Å². The highest BCUT2D eigenvalue weighted by molar-refractivity contribution is 6.03. The first kappa shape index (κ1) is 20.4. The summed E-state index contributed by atoms with van der Waals surface area (Å²) in [4.78, 5) is 12.8. The number of carbonyl (C=O) groups is 1. The normalized spacial score (nSPS) is 10.8. The number of aryl methyl sites for hydroxylation is 3. The van der Waals surface area contributed by atoms with E-state index in [1.807, 2.05) is 43.3 Å². The van der Waals surface area contributed by atoms with Crippen LogP contribution in [0.1, 0.15) is 38.5 Å². The van der Waals surface area contributed by atoms with Gasteiger partial charge in [0.05, 0.1) is 24.0 Å². The predicted molar refractivity (Wildman–Crippen MR) is 117 cm³/mol. The first-order chi connectivity index (χ1) is 15.0. The minimum absolute atomic E-state index is 0.190. The first-order valence-electron chi connectivity index (χ1n) is 10.0. The fourth-order valence-electron chi connectivity index (χ4n) is 3.27. The predicted octanol–water partition coefficient (Wildman–Crippen LogP) is 4.68. The maximum absolute atomic E-state index is 12.8. The standard InChI is InChI=1S/C24H24N4O3/c1-16-8-4-6-10-19(16)13-28-14-20(12-25-28)26-24(29)23-21(18(3)31-27-23)15-30-22-11-7-5-9-17(22)2/h4-12,14H,13,15H2,1-3H3,(H,26,29). The molecule has 31 heavy (non-hydrogen) atoms. The average molecular weight is 416 g/mol. The Morgan fingerprint density at radius 2 is 1.81 bits per heavy atom. The molecule has 2 aromatic carbocycles. The van der Waals surface area contributed by atoms with Gasteiger partial charge in [-0.05, 0) is 43.5 Å². The monoisotopic (exact) mass is 416 g/mol. The average Bonchev–Trinajstić information content (AvgIpc) is 3.35. The van der Waals surface area contributed by atoms with Crippen molar-refractivity contribution in [1.82, 2.24) is 14.9 Å². The molecule has 0 unspecified atom stereocenters. The molecule has 0 aliphatic heterocycles. The van der Waals surface area contributed by atoms with Crippen LogP contribution in [-0.2, 0) is 13.2 Å². The Bertz CT molecular complexity index is 1210. The summed E-state index contributed by atoms with van der Waals surface area (Å²) < 4.78 is 12.9. The zero-order valence-electron chi connectivity index (χ0n) is 17.8. The fraction of sp³-hybridized carbons (Fsp3) is 0.208. The molecule has 2 aromatic heterocycles. The van der Waals surface area contributed by atoms with E-state index in [4.69, 9.17) is 9.26 Å². The van der Waals surface area contributed by atoms with Crippen LogP contribution in [0, 0.1) is 20.8 Å². The van der Waals surface area contributed by atoms with Crippen molar-refractivity contribution in [2.24, 2.45) is 0 Å². The van der Waals surface area contributed by atoms with Gasteiger partial charge in [0, 0.05) is 6.20 Å². The summed E-state index contributed by atoms with van der Waals surface area (Å²) in [5, 5.41) is 11.1. The van der Waals surface area contributed by atoms with Crippen molar-refractivity contribution in [1.29, 1.82) is 0 Å². The molecule has 7 heteroatoms. The zero-order chi connectivity index (χ0) is 21.8. The number of benzene rings is 2. The fourth-order valence-corrected chi connectivity index (χ4v) is 3.27. The third-order valence-electron chi connectivity index (χ3n) is 5.15. The third kappa shape index (κ3) is 4.66. The van der Waals surface area contributed by atoms with Crippen LogP contribution < -0.4 is 10.1 Å². The molecule has 0 aliphatic carbocycles. The molecule has 2 heterocycles. The number of anilines is 1. The summed E-state index contributed by atoms with van der Waals surface area (Å²) in [5.74, 6) is 0.941. The highest BCUT2D eigenvalue weighted by Crippen LogP contribution is 2.21. The number of amides is 1. The Morgan fingerprint density at radius 3 is 2.58 bits per heavy atom. The molecule has 7 nitrogen and oxygen atoms in total. The second-order valence-electron chi connectivity index (χ2n) is 7.43. The lowest BCUT2D eigenvalue weighted by molar-refractivity contribution is 0.101. The zero-order valence-corrected chi connectivity index (χ0v) is 17.8. The molecule has 0 saturated heterocycles. The van der Waals surface area contributed by atoms with Gasteiger partial charge in [-0.15, -0.1) is 0 Å². The molecule has 1 N–H and O–H groups in total. The Labute approximate surface area is 180 Å². The smallest absolute Gasteiger partial charge is 0.278 e. The van der Waals surface area contributed by atoms with Gasteiger partial charge >= 0.3 is 0 Å². The molecular weight excluding hydrogens is 392 g/mol. The van der Waals surface area contributed by atoms with Crippen molar-refractivity contribution in [3.05, 3.63) is 94.6 Å². The van der Waals surface area contributed by atoms with Crippen LogP contribution in [0.2, 0.25) is 0 Å². The van der Waals surface area contributed by atoms with E-state index in [0.717, 1.165) is 11.3 Å². The van der Waals surface area contributed by atoms with E-state index < -0.39 is 0 Å². The molecule has 0 atom stereocenters. The first-order valence-corrected chi connectivity index (χ1v) is 10.0. The van der Waals surface area contributed by atoms with Crippen LogP contribution in [0.25, 0.3) is 0 Å². The summed E-state index contributed by atoms with van der Waals surface area (Å²) in [7, 11) is 0. The van der Waals surface area contributed by atoms with Crippen molar-refractivity contribution in [3.8, 4) is 5.75 Å². The SMILES string of the molecule is Cc1ccccc1Cn1cc(NC(=O)c2noc(C)c2COc2ccccc2C)cn1. The Kier molecular flexibility index (Phi) is 5.84. The number of aromatic nitrogens is 3. The van der Waals surface area contributed by atoms with Crippen molar-refractivity contribution < 1.29 is 14.1 Å². The molecule has 0 fully saturated rings. The van der Waals surface area contributed by atoms with E-state index in [-0.39, 0.29) is 18.2 Å². The van der Waals surface area contributed by atoms with Gasteiger partial charge in [0.2, 0.25) is 0 Å². The summed E-state index contributed by atoms with van der Waals surface area (Å²) in [5.41, 5.74) is 4.80. The molecular formula is C24H24N4O3. The number of nitrogens with zero attached hydrogens (tertiary/aromatic N) is 3. The molecule has 0 radical (unpaired) electrons. The second-order valence-corrected chi connectivity index (χ2v) is 7.43. The Morgan fingerprint density at radius 1 is 1.06 bits per heavy atom. The van der Waals surface area contributed by atoms with Crippen LogP contribution in [0.4, 0.5) is 5.69 Å². The van der Waals surface area contributed by atoms with Crippen molar-refractivity contribution in [3.63, 3.8) is 0 Å². The molecule has 0 spiro atoms. The third-order valence-corrected chi connectivity index (χ3v) is 5.15. The maximum atomic E-state index is 12.8. The molecule has 158 valence electrons. The van der Waals surface area contributed by atoms with Crippen molar-refractivity contribution in [2.75, 3.05) is 5.32 Å². The van der Waals surface area contributed by atoms with Crippen LogP contribution in [-0.4, -0.2) is 20.8 Å². The minimum Gasteiger partial charge on any atom is -0.488 e. The van der Waals surface area contributed by atoms with Gasteiger partial charge in [-0.1, -0.05) is 47.6 Å². The van der Waals surface area contributed by atoms with Crippen LogP contribution in [0.3, 0.4) is 0 Å². The van der Waals surface area contributed by atoms with Gasteiger partial charge < -0.3 is 14.6 Å². The number of nitrogens with one attached hydrogen (secondary N) is 1. The molecule has 1 amide bonds. The lowest BCUT2D eigenvalue weighted by Crippen LogP contribution is -2.15. The Hall–Kier alpha value is -3.87. The van der Waals surface area contributed by atoms with E-state index in [2.05, 4.69) is 34.6 Å². The summed E-state index contributed by atoms with van der Waals surface area (Å²) in [6.07, 6.45) is 3.41. The van der Waals surface area contributed by atoms with E-state index in [1.165, 1.54) is 11.1 Å². The molecule has 4 aromatic rings. The van der Waals surface area contributed by atoms with E-state index >= 15 is 0 Å². The second kappa shape index (κ2) is 8.87. The summed E-state index contributed by atoms with van der Waals surface area (Å²) >= 11 is 0. The van der Waals surface area contributed by atoms with Gasteiger partial charge in [-0.25, -0.2) is 0 Å². The van der Waals surface area contributed by atoms with Crippen LogP contribution in [0.5, 0.6) is 5.75 Å². The quantitative estimate of drug-likeness (QED) is 0.473. The summed E-state index contributed by atoms with van der Waals surface area (Å²) in [6.45, 7) is 6.62. The van der Waals surface area contributed by atoms with Gasteiger partial charge in [-0.3, -0.25) is 9.48 Å². The Balaban J connectivity index is 1.44. The maximum Gasteiger partial charge on any atom is 0.278 e. The molecule has 0 saturated carbocycles. The highest BCUT2D eigenvalue weighted by atomic mass is 16.5. The highest BCUT2D eigenvalue weighted by Gasteiger charge is 2.21. The largest absolute Gasteiger partial charge is 0.488 e. The number of rotatable bonds is 7.